The van der Waals surface area contributed by atoms with Crippen molar-refractivity contribution < 1.29 is 9.90 Å². The van der Waals surface area contributed by atoms with Gasteiger partial charge in [0, 0.05) is 28.9 Å². The molecule has 0 aromatic carbocycles. The zero-order valence-electron chi connectivity index (χ0n) is 9.61. The van der Waals surface area contributed by atoms with Crippen LogP contribution in [0, 0.1) is 0 Å². The van der Waals surface area contributed by atoms with Crippen LogP contribution in [-0.2, 0) is 0 Å². The quantitative estimate of drug-likeness (QED) is 0.798. The number of carbonyl (C=O) groups is 1. The van der Waals surface area contributed by atoms with E-state index in [0.717, 1.165) is 20.0 Å². The molecule has 0 saturated carbocycles. The van der Waals surface area contributed by atoms with Gasteiger partial charge in [-0.3, -0.25) is 4.98 Å². The van der Waals surface area contributed by atoms with Crippen molar-refractivity contribution in [3.63, 3.8) is 0 Å². The molecule has 6 heteroatoms. The van der Waals surface area contributed by atoms with Crippen LogP contribution in [0.5, 0.6) is 0 Å². The molecule has 1 N–H and O–H groups in total. The standard InChI is InChI=1S/C13H8N2O2S2/c16-13(17)9-5-8-10(18-9)6-14-7-11(8)19-12-3-1-2-4-15-12/h1-7H,(H,16,17). The molecule has 0 radical (unpaired) electrons. The fourth-order valence-electron chi connectivity index (χ4n) is 1.64. The molecule has 94 valence electrons. The SMILES string of the molecule is O=C(O)c1cc2c(Sc3ccccn3)cncc2s1. The van der Waals surface area contributed by atoms with E-state index in [0.29, 0.717) is 4.88 Å². The lowest BCUT2D eigenvalue weighted by molar-refractivity contribution is 0.0702. The molecular weight excluding hydrogens is 280 g/mol. The van der Waals surface area contributed by atoms with Crippen molar-refractivity contribution in [1.82, 2.24) is 9.97 Å². The molecule has 3 aromatic heterocycles. The number of hydrogen-bond acceptors (Lipinski definition) is 5. The van der Waals surface area contributed by atoms with Crippen molar-refractivity contribution in [2.24, 2.45) is 0 Å². The maximum Gasteiger partial charge on any atom is 0.345 e. The van der Waals surface area contributed by atoms with E-state index in [2.05, 4.69) is 9.97 Å². The van der Waals surface area contributed by atoms with Crippen LogP contribution in [0.2, 0.25) is 0 Å². The highest BCUT2D eigenvalue weighted by Gasteiger charge is 2.12. The van der Waals surface area contributed by atoms with Crippen molar-refractivity contribution in [2.75, 3.05) is 0 Å². The number of thiophene rings is 1. The Morgan fingerprint density at radius 3 is 2.95 bits per heavy atom. The van der Waals surface area contributed by atoms with E-state index in [-0.39, 0.29) is 0 Å². The van der Waals surface area contributed by atoms with Gasteiger partial charge in [-0.15, -0.1) is 11.3 Å². The highest BCUT2D eigenvalue weighted by Crippen LogP contribution is 2.35. The number of rotatable bonds is 3. The molecule has 0 spiro atoms. The van der Waals surface area contributed by atoms with Gasteiger partial charge in [0.25, 0.3) is 0 Å². The van der Waals surface area contributed by atoms with Crippen molar-refractivity contribution in [3.05, 3.63) is 47.7 Å². The Kier molecular flexibility index (Phi) is 3.18. The summed E-state index contributed by atoms with van der Waals surface area (Å²) in [4.78, 5) is 20.6. The van der Waals surface area contributed by atoms with Crippen LogP contribution >= 0.6 is 23.1 Å². The van der Waals surface area contributed by atoms with Crippen molar-refractivity contribution >= 4 is 39.2 Å². The van der Waals surface area contributed by atoms with Crippen molar-refractivity contribution in [1.29, 1.82) is 0 Å². The van der Waals surface area contributed by atoms with Gasteiger partial charge in [0.2, 0.25) is 0 Å². The summed E-state index contributed by atoms with van der Waals surface area (Å²) < 4.78 is 0.873. The van der Waals surface area contributed by atoms with Crippen LogP contribution in [0.25, 0.3) is 10.1 Å². The molecule has 4 nitrogen and oxygen atoms in total. The Balaban J connectivity index is 2.06. The predicted molar refractivity (Wildman–Crippen MR) is 74.9 cm³/mol. The fourth-order valence-corrected chi connectivity index (χ4v) is 3.48. The van der Waals surface area contributed by atoms with E-state index in [1.807, 2.05) is 18.2 Å². The van der Waals surface area contributed by atoms with E-state index in [4.69, 9.17) is 5.11 Å². The number of fused-ring (bicyclic) bond motifs is 1. The van der Waals surface area contributed by atoms with Gasteiger partial charge in [0.1, 0.15) is 9.90 Å². The van der Waals surface area contributed by atoms with Gasteiger partial charge < -0.3 is 5.11 Å². The minimum atomic E-state index is -0.907. The van der Waals surface area contributed by atoms with E-state index in [1.54, 1.807) is 24.7 Å². The van der Waals surface area contributed by atoms with Crippen LogP contribution in [0.1, 0.15) is 9.67 Å². The molecule has 0 aliphatic carbocycles. The molecule has 0 aliphatic rings. The van der Waals surface area contributed by atoms with Gasteiger partial charge in [-0.25, -0.2) is 9.78 Å². The van der Waals surface area contributed by atoms with Crippen LogP contribution in [-0.4, -0.2) is 21.0 Å². The first-order chi connectivity index (χ1) is 9.24. The summed E-state index contributed by atoms with van der Waals surface area (Å²) in [5, 5.41) is 10.8. The lowest BCUT2D eigenvalue weighted by atomic mass is 10.3. The van der Waals surface area contributed by atoms with Gasteiger partial charge in [-0.2, -0.15) is 0 Å². The smallest absolute Gasteiger partial charge is 0.345 e. The minimum Gasteiger partial charge on any atom is -0.477 e. The molecule has 19 heavy (non-hydrogen) atoms. The lowest BCUT2D eigenvalue weighted by Crippen LogP contribution is -1.89. The van der Waals surface area contributed by atoms with E-state index >= 15 is 0 Å². The maximum absolute atomic E-state index is 11.0. The molecule has 3 aromatic rings. The normalized spacial score (nSPS) is 10.7. The third kappa shape index (κ3) is 2.45. The topological polar surface area (TPSA) is 63.1 Å². The van der Waals surface area contributed by atoms with Gasteiger partial charge in [0.05, 0.1) is 4.70 Å². The predicted octanol–water partition coefficient (Wildman–Crippen LogP) is 3.54. The first kappa shape index (κ1) is 12.1. The summed E-state index contributed by atoms with van der Waals surface area (Å²) in [6, 6.07) is 7.37. The van der Waals surface area contributed by atoms with E-state index in [1.165, 1.54) is 23.1 Å². The molecule has 0 fully saturated rings. The zero-order valence-corrected chi connectivity index (χ0v) is 11.2. The van der Waals surface area contributed by atoms with Crippen LogP contribution in [0.15, 0.2) is 52.8 Å². The molecule has 0 unspecified atom stereocenters. The Morgan fingerprint density at radius 2 is 2.21 bits per heavy atom. The monoisotopic (exact) mass is 288 g/mol. The number of carboxylic acids is 1. The van der Waals surface area contributed by atoms with Crippen LogP contribution < -0.4 is 0 Å². The molecule has 0 amide bonds. The summed E-state index contributed by atoms with van der Waals surface area (Å²) in [6.07, 6.45) is 5.15. The molecule has 3 heterocycles. The first-order valence-electron chi connectivity index (χ1n) is 5.44. The van der Waals surface area contributed by atoms with Gasteiger partial charge in [0.15, 0.2) is 0 Å². The number of carboxylic acid groups (broad SMARTS) is 1. The molecule has 0 bridgehead atoms. The second-order valence-electron chi connectivity index (χ2n) is 3.74. The largest absolute Gasteiger partial charge is 0.477 e. The fraction of sp³-hybridized carbons (Fsp3) is 0. The van der Waals surface area contributed by atoms with Gasteiger partial charge >= 0.3 is 5.97 Å². The average Bonchev–Trinajstić information content (AvgIpc) is 2.85. The lowest BCUT2D eigenvalue weighted by Gasteiger charge is -2.01. The van der Waals surface area contributed by atoms with Gasteiger partial charge in [-0.05, 0) is 18.2 Å². The van der Waals surface area contributed by atoms with Crippen LogP contribution in [0.3, 0.4) is 0 Å². The van der Waals surface area contributed by atoms with Crippen LogP contribution in [0.4, 0.5) is 0 Å². The van der Waals surface area contributed by atoms with Gasteiger partial charge in [-0.1, -0.05) is 17.8 Å². The molecular formula is C13H8N2O2S2. The summed E-state index contributed by atoms with van der Waals surface area (Å²) >= 11 is 2.72. The number of aromatic carboxylic acids is 1. The third-order valence-corrected chi connectivity index (χ3v) is 4.53. The Bertz CT molecular complexity index is 741. The molecule has 0 aliphatic heterocycles. The second-order valence-corrected chi connectivity index (χ2v) is 5.88. The number of pyridine rings is 2. The number of aromatic nitrogens is 2. The molecule has 0 atom stereocenters. The summed E-state index contributed by atoms with van der Waals surface area (Å²) in [5.74, 6) is -0.907. The Hall–Kier alpha value is -1.92. The highest BCUT2D eigenvalue weighted by molar-refractivity contribution is 7.99. The zero-order chi connectivity index (χ0) is 13.2. The minimum absolute atomic E-state index is 0.325. The Morgan fingerprint density at radius 1 is 1.32 bits per heavy atom. The summed E-state index contributed by atoms with van der Waals surface area (Å²) in [6.45, 7) is 0. The number of hydrogen-bond donors (Lipinski definition) is 1. The van der Waals surface area contributed by atoms with Crippen molar-refractivity contribution in [3.8, 4) is 0 Å². The summed E-state index contributed by atoms with van der Waals surface area (Å²) in [5.41, 5.74) is 0. The van der Waals surface area contributed by atoms with E-state index in [9.17, 15) is 4.79 Å². The second kappa shape index (κ2) is 4.99. The molecule has 0 saturated heterocycles. The highest BCUT2D eigenvalue weighted by atomic mass is 32.2. The average molecular weight is 288 g/mol. The van der Waals surface area contributed by atoms with Crippen molar-refractivity contribution in [2.45, 2.75) is 9.92 Å². The Labute approximate surface area is 117 Å². The third-order valence-electron chi connectivity index (χ3n) is 2.47. The molecule has 3 rings (SSSR count). The van der Waals surface area contributed by atoms with E-state index < -0.39 is 5.97 Å². The number of nitrogens with zero attached hydrogens (tertiary/aromatic N) is 2. The summed E-state index contributed by atoms with van der Waals surface area (Å²) in [7, 11) is 0. The maximum atomic E-state index is 11.0. The first-order valence-corrected chi connectivity index (χ1v) is 7.07.